The van der Waals surface area contributed by atoms with Gasteiger partial charge in [-0.25, -0.2) is 0 Å². The first-order valence-corrected chi connectivity index (χ1v) is 9.81. The molecule has 6 aromatic rings. The summed E-state index contributed by atoms with van der Waals surface area (Å²) >= 11 is 0. The van der Waals surface area contributed by atoms with Gasteiger partial charge in [-0.15, -0.1) is 47.3 Å². The van der Waals surface area contributed by atoms with Gasteiger partial charge in [-0.1, -0.05) is 41.3 Å². The summed E-state index contributed by atoms with van der Waals surface area (Å²) in [6, 6.07) is 34.4. The Morgan fingerprint density at radius 2 is 1.03 bits per heavy atom. The molecule has 0 atom stereocenters. The minimum Gasteiger partial charge on any atom is -0.561 e. The number of benzene rings is 4. The molecule has 0 saturated heterocycles. The summed E-state index contributed by atoms with van der Waals surface area (Å²) in [5, 5.41) is 11.0. The van der Waals surface area contributed by atoms with Crippen LogP contribution in [-0.4, -0.2) is 0 Å². The third-order valence-corrected chi connectivity index (χ3v) is 5.90. The van der Waals surface area contributed by atoms with E-state index in [0.29, 0.717) is 0 Å². The van der Waals surface area contributed by atoms with Crippen molar-refractivity contribution in [3.05, 3.63) is 108 Å². The maximum Gasteiger partial charge on any atom is 0 e. The van der Waals surface area contributed by atoms with E-state index >= 15 is 0 Å². The van der Waals surface area contributed by atoms with Crippen LogP contribution in [0.25, 0.3) is 43.1 Å². The average molecular weight is 417 g/mol. The van der Waals surface area contributed by atoms with Crippen LogP contribution in [0.1, 0.15) is 11.1 Å². The number of hydrogen-bond donors (Lipinski definition) is 0. The minimum absolute atomic E-state index is 0. The van der Waals surface area contributed by atoms with E-state index in [0.717, 1.165) is 0 Å². The number of rotatable bonds is 0. The first-order valence-electron chi connectivity index (χ1n) is 9.81. The van der Waals surface area contributed by atoms with Gasteiger partial charge in [-0.3, -0.25) is 0 Å². The van der Waals surface area contributed by atoms with Crippen molar-refractivity contribution in [3.63, 3.8) is 0 Å². The van der Waals surface area contributed by atoms with Gasteiger partial charge < -0.3 is 57.4 Å². The van der Waals surface area contributed by atoms with Gasteiger partial charge in [0.25, 0.3) is 0 Å². The Hall–Kier alpha value is -2.87. The molecule has 0 fully saturated rings. The van der Waals surface area contributed by atoms with Gasteiger partial charge in [0.05, 0.1) is 0 Å². The Bertz CT molecular complexity index is 1210. The molecule has 0 saturated carbocycles. The van der Waals surface area contributed by atoms with E-state index in [1.807, 2.05) is 0 Å². The van der Waals surface area contributed by atoms with Gasteiger partial charge >= 0.3 is 0 Å². The minimum atomic E-state index is 0. The van der Waals surface area contributed by atoms with Crippen molar-refractivity contribution in [2.75, 3.05) is 0 Å². The van der Waals surface area contributed by atoms with Crippen molar-refractivity contribution in [2.24, 2.45) is 0 Å². The molecule has 0 aliphatic rings. The second-order valence-corrected chi connectivity index (χ2v) is 7.43. The monoisotopic (exact) mass is 417 g/mol. The largest absolute Gasteiger partial charge is 0.561 e. The van der Waals surface area contributed by atoms with Crippen molar-refractivity contribution in [2.45, 2.75) is 13.8 Å². The van der Waals surface area contributed by atoms with E-state index in [9.17, 15) is 0 Å². The van der Waals surface area contributed by atoms with Crippen LogP contribution in [0.15, 0.2) is 97.1 Å². The molecule has 6 rings (SSSR count). The second-order valence-electron chi connectivity index (χ2n) is 7.43. The summed E-state index contributed by atoms with van der Waals surface area (Å²) in [5.41, 5.74) is 2.80. The number of hydrogen-bond acceptors (Lipinski definition) is 0. The third kappa shape index (κ3) is 3.17. The molecule has 0 nitrogen and oxygen atoms in total. The molecule has 0 aliphatic heterocycles. The topological polar surface area (TPSA) is 0 Å². The molecule has 149 valence electrons. The Kier molecular flexibility index (Phi) is 5.27. The molecular weight excluding hydrogens is 395 g/mol. The van der Waals surface area contributed by atoms with E-state index in [-0.39, 0.29) is 16.8 Å². The summed E-state index contributed by atoms with van der Waals surface area (Å²) < 4.78 is 0. The van der Waals surface area contributed by atoms with Crippen molar-refractivity contribution < 1.29 is 16.8 Å². The molecular formula is C28H22Co-6. The maximum atomic E-state index is 2.20. The van der Waals surface area contributed by atoms with Crippen LogP contribution in [0.3, 0.4) is 0 Å². The molecule has 6 aromatic carbocycles. The molecule has 0 amide bonds. The quantitative estimate of drug-likeness (QED) is 0.219. The smallest absolute Gasteiger partial charge is 0 e. The summed E-state index contributed by atoms with van der Waals surface area (Å²) in [7, 11) is 0. The van der Waals surface area contributed by atoms with Crippen LogP contribution in [-0.2, 0) is 16.8 Å². The van der Waals surface area contributed by atoms with Gasteiger partial charge in [0.1, 0.15) is 0 Å². The molecule has 29 heavy (non-hydrogen) atoms. The zero-order valence-electron chi connectivity index (χ0n) is 16.6. The van der Waals surface area contributed by atoms with Crippen LogP contribution in [0.5, 0.6) is 0 Å². The number of fused-ring (bicyclic) bond motifs is 6. The predicted molar refractivity (Wildman–Crippen MR) is 124 cm³/mol. The van der Waals surface area contributed by atoms with Crippen molar-refractivity contribution >= 4 is 43.1 Å². The molecule has 1 heteroatoms. The first-order chi connectivity index (χ1) is 13.8. The SMILES string of the molecule is C[c-]1[c-]2cccc[c-]2[c-]2cccc[c-]12.Cc1c2ccccc2[c-]2ccccc12.[Co]. The van der Waals surface area contributed by atoms with Gasteiger partial charge in [0, 0.05) is 16.8 Å². The van der Waals surface area contributed by atoms with Crippen molar-refractivity contribution in [3.8, 4) is 0 Å². The Morgan fingerprint density at radius 1 is 0.552 bits per heavy atom. The van der Waals surface area contributed by atoms with E-state index < -0.39 is 0 Å². The normalized spacial score (nSPS) is 10.8. The van der Waals surface area contributed by atoms with E-state index in [2.05, 4.69) is 111 Å². The maximum absolute atomic E-state index is 2.20. The van der Waals surface area contributed by atoms with Gasteiger partial charge in [0.2, 0.25) is 0 Å². The predicted octanol–water partition coefficient (Wildman–Crippen LogP) is 8.04. The zero-order chi connectivity index (χ0) is 19.1. The van der Waals surface area contributed by atoms with Crippen LogP contribution in [0, 0.1) is 13.8 Å². The summed E-state index contributed by atoms with van der Waals surface area (Å²) in [4.78, 5) is 0. The first kappa shape index (κ1) is 19.4. The van der Waals surface area contributed by atoms with E-state index in [1.165, 1.54) is 54.2 Å². The van der Waals surface area contributed by atoms with Gasteiger partial charge in [-0.05, 0) is 0 Å². The van der Waals surface area contributed by atoms with Gasteiger partial charge in [-0.2, -0.15) is 19.1 Å². The standard InChI is InChI=1S/2C14H11.Co/c2*1-10-11-6-2-4-8-13(11)14-9-5-3-7-12(10)14;/h2*2-9H,1H3;/q-5;-1;. The van der Waals surface area contributed by atoms with E-state index in [1.54, 1.807) is 0 Å². The third-order valence-electron chi connectivity index (χ3n) is 5.90. The fourth-order valence-corrected chi connectivity index (χ4v) is 4.47. The summed E-state index contributed by atoms with van der Waals surface area (Å²) in [6.45, 7) is 4.40. The van der Waals surface area contributed by atoms with Crippen molar-refractivity contribution in [1.29, 1.82) is 0 Å². The summed E-state index contributed by atoms with van der Waals surface area (Å²) in [5.74, 6) is 0. The van der Waals surface area contributed by atoms with Crippen LogP contribution in [0.4, 0.5) is 0 Å². The molecule has 0 unspecified atom stereocenters. The fourth-order valence-electron chi connectivity index (χ4n) is 4.47. The molecule has 0 spiro atoms. The second kappa shape index (κ2) is 7.86. The summed E-state index contributed by atoms with van der Waals surface area (Å²) in [6.07, 6.45) is 0. The Balaban J connectivity index is 0.000000137. The zero-order valence-corrected chi connectivity index (χ0v) is 17.6. The Morgan fingerprint density at radius 3 is 1.69 bits per heavy atom. The average Bonchev–Trinajstić information content (AvgIpc) is 3.22. The molecule has 0 heterocycles. The molecule has 0 bridgehead atoms. The van der Waals surface area contributed by atoms with E-state index in [4.69, 9.17) is 0 Å². The molecule has 0 aliphatic carbocycles. The van der Waals surface area contributed by atoms with Crippen molar-refractivity contribution in [1.82, 2.24) is 0 Å². The molecule has 1 radical (unpaired) electrons. The van der Waals surface area contributed by atoms with Crippen LogP contribution < -0.4 is 0 Å². The van der Waals surface area contributed by atoms with Gasteiger partial charge in [0.15, 0.2) is 0 Å². The van der Waals surface area contributed by atoms with Crippen LogP contribution in [0.2, 0.25) is 0 Å². The molecule has 0 aromatic heterocycles. The molecule has 0 N–H and O–H groups in total. The van der Waals surface area contributed by atoms with Crippen LogP contribution >= 0.6 is 0 Å². The fraction of sp³-hybridized carbons (Fsp3) is 0.0714. The Labute approximate surface area is 181 Å². The number of aryl methyl sites for hydroxylation is 2.